The van der Waals surface area contributed by atoms with Gasteiger partial charge in [-0.3, -0.25) is 9.59 Å². The molecule has 0 aromatic rings. The Balaban J connectivity index is -0.000000202. The van der Waals surface area contributed by atoms with E-state index in [2.05, 4.69) is 20.1 Å². The van der Waals surface area contributed by atoms with Gasteiger partial charge in [0.25, 0.3) is 0 Å². The summed E-state index contributed by atoms with van der Waals surface area (Å²) < 4.78 is 9.09. The highest BCUT2D eigenvalue weighted by atomic mass is 16.5. The molecule has 0 spiro atoms. The van der Waals surface area contributed by atoms with Crippen molar-refractivity contribution in [2.24, 2.45) is 0 Å². The second-order valence-electron chi connectivity index (χ2n) is 5.87. The number of hydrogen-bond donors (Lipinski definition) is 2. The van der Waals surface area contributed by atoms with Gasteiger partial charge in [-0.2, -0.15) is 0 Å². The van der Waals surface area contributed by atoms with Crippen LogP contribution in [-0.4, -0.2) is 50.1 Å². The first-order valence-corrected chi connectivity index (χ1v) is 8.53. The van der Waals surface area contributed by atoms with Crippen molar-refractivity contribution in [3.8, 4) is 0 Å². The molecule has 0 fully saturated rings. The smallest absolute Gasteiger partial charge is 0.328 e. The fourth-order valence-corrected chi connectivity index (χ4v) is 1.83. The molecule has 0 rings (SSSR count). The van der Waals surface area contributed by atoms with Gasteiger partial charge in [0.1, 0.15) is 12.1 Å². The molecule has 0 heterocycles. The number of rotatable bonds is 8. The molecular formula is C21H40N2O6. The normalized spacial score (nSPS) is 11.1. The number of methoxy groups -OCH3 is 2. The zero-order chi connectivity index (χ0) is 21.4. The predicted octanol–water partition coefficient (Wildman–Crippen LogP) is 2.92. The van der Waals surface area contributed by atoms with Crippen LogP contribution in [0.4, 0.5) is 0 Å². The first-order chi connectivity index (χ1) is 12.6. The van der Waals surface area contributed by atoms with Gasteiger partial charge in [-0.15, -0.1) is 0 Å². The Kier molecular flexibility index (Phi) is 23.5. The maximum Gasteiger partial charge on any atom is 0.328 e. The lowest BCUT2D eigenvalue weighted by Gasteiger charge is -2.13. The molecule has 0 aliphatic rings. The highest BCUT2D eigenvalue weighted by Gasteiger charge is 2.18. The molecule has 0 unspecified atom stereocenters. The second kappa shape index (κ2) is 20.1. The van der Waals surface area contributed by atoms with Crippen LogP contribution >= 0.6 is 0 Å². The van der Waals surface area contributed by atoms with E-state index in [-0.39, 0.29) is 26.7 Å². The summed E-state index contributed by atoms with van der Waals surface area (Å²) in [5.74, 6) is -1.31. The SMILES string of the molecule is C.C.CC=CC[C@H](NC(C)=O)C(=O)OC.COC(=O)[C@H](CC=C(C)C)NC(C)=O. The molecule has 0 aromatic heterocycles. The minimum atomic E-state index is -0.576. The van der Waals surface area contributed by atoms with Crippen LogP contribution in [0.15, 0.2) is 23.8 Å². The topological polar surface area (TPSA) is 111 Å². The maximum absolute atomic E-state index is 11.2. The van der Waals surface area contributed by atoms with Crippen molar-refractivity contribution >= 4 is 23.8 Å². The van der Waals surface area contributed by atoms with Crippen molar-refractivity contribution in [1.82, 2.24) is 10.6 Å². The van der Waals surface area contributed by atoms with Crippen LogP contribution < -0.4 is 10.6 Å². The average Bonchev–Trinajstić information content (AvgIpc) is 2.60. The summed E-state index contributed by atoms with van der Waals surface area (Å²) in [4.78, 5) is 43.8. The van der Waals surface area contributed by atoms with Gasteiger partial charge in [0.2, 0.25) is 11.8 Å². The minimum Gasteiger partial charge on any atom is -0.467 e. The van der Waals surface area contributed by atoms with Gasteiger partial charge in [-0.05, 0) is 33.6 Å². The van der Waals surface area contributed by atoms with Crippen LogP contribution in [-0.2, 0) is 28.7 Å². The molecule has 8 nitrogen and oxygen atoms in total. The first kappa shape index (κ1) is 33.9. The third-order valence-corrected chi connectivity index (χ3v) is 3.10. The van der Waals surface area contributed by atoms with E-state index in [4.69, 9.17) is 0 Å². The third kappa shape index (κ3) is 19.9. The van der Waals surface area contributed by atoms with E-state index in [0.717, 1.165) is 5.57 Å². The van der Waals surface area contributed by atoms with Gasteiger partial charge >= 0.3 is 11.9 Å². The maximum atomic E-state index is 11.2. The number of nitrogens with one attached hydrogen (secondary N) is 2. The monoisotopic (exact) mass is 416 g/mol. The molecule has 0 radical (unpaired) electrons. The van der Waals surface area contributed by atoms with Crippen LogP contribution in [0.1, 0.15) is 62.3 Å². The van der Waals surface area contributed by atoms with E-state index in [9.17, 15) is 19.2 Å². The molecule has 0 saturated carbocycles. The number of amides is 2. The first-order valence-electron chi connectivity index (χ1n) is 8.53. The van der Waals surface area contributed by atoms with Crippen LogP contribution in [0.2, 0.25) is 0 Å². The van der Waals surface area contributed by atoms with Crippen molar-refractivity contribution in [2.75, 3.05) is 14.2 Å². The van der Waals surface area contributed by atoms with Gasteiger partial charge in [0.15, 0.2) is 0 Å². The average molecular weight is 417 g/mol. The van der Waals surface area contributed by atoms with Gasteiger partial charge in [0, 0.05) is 13.8 Å². The molecule has 8 heteroatoms. The van der Waals surface area contributed by atoms with Crippen molar-refractivity contribution < 1.29 is 28.7 Å². The van der Waals surface area contributed by atoms with Crippen LogP contribution in [0.5, 0.6) is 0 Å². The molecule has 29 heavy (non-hydrogen) atoms. The summed E-state index contributed by atoms with van der Waals surface area (Å²) in [5.41, 5.74) is 1.10. The predicted molar refractivity (Wildman–Crippen MR) is 116 cm³/mol. The lowest BCUT2D eigenvalue weighted by Crippen LogP contribution is -2.40. The number of ether oxygens (including phenoxy) is 2. The quantitative estimate of drug-likeness (QED) is 0.465. The minimum absolute atomic E-state index is 0. The summed E-state index contributed by atoms with van der Waals surface area (Å²) >= 11 is 0. The van der Waals surface area contributed by atoms with Crippen LogP contribution in [0.25, 0.3) is 0 Å². The lowest BCUT2D eigenvalue weighted by molar-refractivity contribution is -0.145. The largest absolute Gasteiger partial charge is 0.467 e. The summed E-state index contributed by atoms with van der Waals surface area (Å²) in [6, 6.07) is -1.15. The highest BCUT2D eigenvalue weighted by Crippen LogP contribution is 2.00. The van der Waals surface area contributed by atoms with Gasteiger partial charge < -0.3 is 20.1 Å². The number of esters is 2. The number of carbonyl (C=O) groups excluding carboxylic acids is 4. The van der Waals surface area contributed by atoms with E-state index >= 15 is 0 Å². The molecule has 170 valence electrons. The number of carbonyl (C=O) groups is 4. The molecule has 0 saturated heterocycles. The highest BCUT2D eigenvalue weighted by molar-refractivity contribution is 5.83. The van der Waals surface area contributed by atoms with E-state index in [1.807, 2.05) is 32.9 Å². The molecule has 2 N–H and O–H groups in total. The van der Waals surface area contributed by atoms with Crippen LogP contribution in [0.3, 0.4) is 0 Å². The molecule has 0 aliphatic heterocycles. The fourth-order valence-electron chi connectivity index (χ4n) is 1.83. The van der Waals surface area contributed by atoms with Crippen molar-refractivity contribution in [3.05, 3.63) is 23.8 Å². The second-order valence-corrected chi connectivity index (χ2v) is 5.87. The zero-order valence-electron chi connectivity index (χ0n) is 17.3. The standard InChI is InChI=1S/C10H17NO3.C9H15NO3.2CH4/c1-7(2)5-6-9(10(13)14-4)11-8(3)12;1-4-5-6-8(9(12)13-3)10-7(2)11;;/h5,9H,6H2,1-4H3,(H,11,12);4-5,8H,6H2,1-3H3,(H,10,11);2*1H4/t9-;8-;;/m00../s1. The van der Waals surface area contributed by atoms with Crippen LogP contribution in [0, 0.1) is 0 Å². The Morgan fingerprint density at radius 3 is 1.45 bits per heavy atom. The molecule has 2 atom stereocenters. The van der Waals surface area contributed by atoms with Gasteiger partial charge in [-0.25, -0.2) is 9.59 Å². The van der Waals surface area contributed by atoms with Crippen molar-refractivity contribution in [1.29, 1.82) is 0 Å². The summed E-state index contributed by atoms with van der Waals surface area (Å²) in [6.07, 6.45) is 6.43. The Labute approximate surface area is 176 Å². The number of hydrogen-bond acceptors (Lipinski definition) is 6. The molecule has 0 bridgehead atoms. The fraction of sp³-hybridized carbons (Fsp3) is 0.619. The lowest BCUT2D eigenvalue weighted by atomic mass is 10.1. The Morgan fingerprint density at radius 1 is 0.793 bits per heavy atom. The molecule has 0 aromatic carbocycles. The summed E-state index contributed by atoms with van der Waals surface area (Å²) in [5, 5.41) is 5.03. The van der Waals surface area contributed by atoms with E-state index in [1.54, 1.807) is 6.08 Å². The molecule has 0 aliphatic carbocycles. The van der Waals surface area contributed by atoms with E-state index in [0.29, 0.717) is 12.8 Å². The van der Waals surface area contributed by atoms with E-state index in [1.165, 1.54) is 28.1 Å². The summed E-state index contributed by atoms with van der Waals surface area (Å²) in [6.45, 7) is 8.45. The van der Waals surface area contributed by atoms with Crippen molar-refractivity contribution in [2.45, 2.75) is 74.4 Å². The van der Waals surface area contributed by atoms with Gasteiger partial charge in [0.05, 0.1) is 14.2 Å². The van der Waals surface area contributed by atoms with E-state index < -0.39 is 24.0 Å². The summed E-state index contributed by atoms with van der Waals surface area (Å²) in [7, 11) is 2.60. The van der Waals surface area contributed by atoms with Gasteiger partial charge in [-0.1, -0.05) is 38.7 Å². The Morgan fingerprint density at radius 2 is 1.17 bits per heavy atom. The Bertz CT molecular complexity index is 551. The molecule has 2 amide bonds. The zero-order valence-corrected chi connectivity index (χ0v) is 17.3. The molecular weight excluding hydrogens is 376 g/mol. The Hall–Kier alpha value is -2.64. The number of allylic oxidation sites excluding steroid dienone is 2. The van der Waals surface area contributed by atoms with Crippen molar-refractivity contribution in [3.63, 3.8) is 0 Å². The third-order valence-electron chi connectivity index (χ3n) is 3.10.